The number of hydrogen-bond acceptors (Lipinski definition) is 3. The van der Waals surface area contributed by atoms with Crippen LogP contribution in [0.4, 0.5) is 0 Å². The molecular formula is C13H11ClN2O3. The first-order valence-electron chi connectivity index (χ1n) is 5.57. The molecule has 0 fully saturated rings. The third-order valence-electron chi connectivity index (χ3n) is 2.62. The van der Waals surface area contributed by atoms with Gasteiger partial charge in [-0.15, -0.1) is 0 Å². The van der Waals surface area contributed by atoms with E-state index in [0.717, 1.165) is 5.56 Å². The van der Waals surface area contributed by atoms with Gasteiger partial charge in [-0.05, 0) is 11.1 Å². The largest absolute Gasteiger partial charge is 0.481 e. The second-order valence-electron chi connectivity index (χ2n) is 4.02. The van der Waals surface area contributed by atoms with Crippen molar-refractivity contribution in [1.29, 1.82) is 0 Å². The number of carboxylic acid groups (broad SMARTS) is 1. The summed E-state index contributed by atoms with van der Waals surface area (Å²) in [4.78, 5) is 26.0. The van der Waals surface area contributed by atoms with Gasteiger partial charge in [0.2, 0.25) is 0 Å². The molecule has 0 aliphatic heterocycles. The van der Waals surface area contributed by atoms with Crippen LogP contribution < -0.4 is 5.69 Å². The molecule has 0 unspecified atom stereocenters. The van der Waals surface area contributed by atoms with Gasteiger partial charge in [0, 0.05) is 6.20 Å². The van der Waals surface area contributed by atoms with E-state index in [2.05, 4.69) is 4.98 Å². The van der Waals surface area contributed by atoms with Crippen molar-refractivity contribution in [2.75, 3.05) is 0 Å². The molecule has 0 spiro atoms. The van der Waals surface area contributed by atoms with Crippen LogP contribution in [0.1, 0.15) is 11.1 Å². The standard InChI is InChI=1S/C13H11ClN2O3/c14-11-6-15-13(19)16(8-11)7-10-4-2-1-3-9(10)5-12(17)18/h1-4,6,8H,5,7H2,(H,17,18). The molecule has 0 radical (unpaired) electrons. The van der Waals surface area contributed by atoms with E-state index < -0.39 is 11.7 Å². The van der Waals surface area contributed by atoms with Gasteiger partial charge in [-0.1, -0.05) is 35.9 Å². The van der Waals surface area contributed by atoms with Gasteiger partial charge in [-0.3, -0.25) is 9.36 Å². The lowest BCUT2D eigenvalue weighted by Crippen LogP contribution is -2.23. The Kier molecular flexibility index (Phi) is 3.97. The van der Waals surface area contributed by atoms with Gasteiger partial charge in [0.15, 0.2) is 0 Å². The van der Waals surface area contributed by atoms with Gasteiger partial charge >= 0.3 is 11.7 Å². The lowest BCUT2D eigenvalue weighted by Gasteiger charge is -2.09. The summed E-state index contributed by atoms with van der Waals surface area (Å²) in [5.41, 5.74) is 1.01. The van der Waals surface area contributed by atoms with E-state index in [1.807, 2.05) is 0 Å². The Bertz CT molecular complexity index is 667. The third kappa shape index (κ3) is 3.42. The minimum atomic E-state index is -0.913. The molecule has 5 nitrogen and oxygen atoms in total. The Morgan fingerprint density at radius 1 is 1.32 bits per heavy atom. The van der Waals surface area contributed by atoms with Crippen LogP contribution in [0.3, 0.4) is 0 Å². The molecule has 19 heavy (non-hydrogen) atoms. The minimum absolute atomic E-state index is 0.0844. The van der Waals surface area contributed by atoms with Crippen LogP contribution in [0.15, 0.2) is 41.5 Å². The topological polar surface area (TPSA) is 72.2 Å². The summed E-state index contributed by atoms with van der Waals surface area (Å²) >= 11 is 5.79. The monoisotopic (exact) mass is 278 g/mol. The quantitative estimate of drug-likeness (QED) is 0.921. The highest BCUT2D eigenvalue weighted by Crippen LogP contribution is 2.12. The van der Waals surface area contributed by atoms with E-state index in [4.69, 9.17) is 16.7 Å². The minimum Gasteiger partial charge on any atom is -0.481 e. The summed E-state index contributed by atoms with van der Waals surface area (Å²) in [6.07, 6.45) is 2.68. The third-order valence-corrected chi connectivity index (χ3v) is 2.82. The second-order valence-corrected chi connectivity index (χ2v) is 4.46. The molecule has 1 aromatic carbocycles. The van der Waals surface area contributed by atoms with E-state index in [1.165, 1.54) is 17.0 Å². The zero-order valence-corrected chi connectivity index (χ0v) is 10.7. The highest BCUT2D eigenvalue weighted by Gasteiger charge is 2.08. The van der Waals surface area contributed by atoms with Crippen LogP contribution in [-0.4, -0.2) is 20.6 Å². The van der Waals surface area contributed by atoms with Crippen molar-refractivity contribution in [1.82, 2.24) is 9.55 Å². The van der Waals surface area contributed by atoms with Crippen LogP contribution >= 0.6 is 11.6 Å². The Labute approximate surface area is 114 Å². The SMILES string of the molecule is O=C(O)Cc1ccccc1Cn1cc(Cl)cnc1=O. The fraction of sp³-hybridized carbons (Fsp3) is 0.154. The van der Waals surface area contributed by atoms with E-state index in [-0.39, 0.29) is 13.0 Å². The van der Waals surface area contributed by atoms with Gasteiger partial charge in [0.25, 0.3) is 0 Å². The van der Waals surface area contributed by atoms with Crippen molar-refractivity contribution in [2.24, 2.45) is 0 Å². The Morgan fingerprint density at radius 3 is 2.68 bits per heavy atom. The van der Waals surface area contributed by atoms with Crippen molar-refractivity contribution < 1.29 is 9.90 Å². The molecule has 6 heteroatoms. The van der Waals surface area contributed by atoms with Crippen LogP contribution in [0, 0.1) is 0 Å². The predicted molar refractivity (Wildman–Crippen MR) is 70.4 cm³/mol. The summed E-state index contributed by atoms with van der Waals surface area (Å²) in [6, 6.07) is 7.07. The fourth-order valence-corrected chi connectivity index (χ4v) is 1.94. The summed E-state index contributed by atoms with van der Waals surface area (Å²) in [7, 11) is 0. The number of rotatable bonds is 4. The molecule has 0 saturated carbocycles. The molecule has 0 saturated heterocycles. The van der Waals surface area contributed by atoms with Crippen LogP contribution in [0.25, 0.3) is 0 Å². The van der Waals surface area contributed by atoms with Crippen LogP contribution in [0.5, 0.6) is 0 Å². The van der Waals surface area contributed by atoms with Crippen molar-refractivity contribution in [2.45, 2.75) is 13.0 Å². The highest BCUT2D eigenvalue weighted by molar-refractivity contribution is 6.30. The van der Waals surface area contributed by atoms with Gasteiger partial charge in [0.1, 0.15) is 0 Å². The smallest absolute Gasteiger partial charge is 0.347 e. The Morgan fingerprint density at radius 2 is 2.00 bits per heavy atom. The zero-order valence-electron chi connectivity index (χ0n) is 9.91. The van der Waals surface area contributed by atoms with Gasteiger partial charge in [0.05, 0.1) is 24.2 Å². The number of hydrogen-bond donors (Lipinski definition) is 1. The summed E-state index contributed by atoms with van der Waals surface area (Å²) in [5.74, 6) is -0.913. The number of nitrogens with zero attached hydrogens (tertiary/aromatic N) is 2. The fourth-order valence-electron chi connectivity index (χ4n) is 1.77. The predicted octanol–water partition coefficient (Wildman–Crippen LogP) is 1.57. The maximum Gasteiger partial charge on any atom is 0.347 e. The zero-order chi connectivity index (χ0) is 13.8. The summed E-state index contributed by atoms with van der Waals surface area (Å²) < 4.78 is 1.35. The number of aliphatic carboxylic acids is 1. The average molecular weight is 279 g/mol. The maximum absolute atomic E-state index is 11.6. The molecule has 2 aromatic rings. The van der Waals surface area contributed by atoms with E-state index >= 15 is 0 Å². The Hall–Kier alpha value is -2.14. The van der Waals surface area contributed by atoms with E-state index in [0.29, 0.717) is 10.6 Å². The van der Waals surface area contributed by atoms with E-state index in [9.17, 15) is 9.59 Å². The lowest BCUT2D eigenvalue weighted by atomic mass is 10.0. The maximum atomic E-state index is 11.6. The molecule has 1 heterocycles. The average Bonchev–Trinajstić information content (AvgIpc) is 2.35. The van der Waals surface area contributed by atoms with Gasteiger partial charge in [-0.25, -0.2) is 9.78 Å². The molecule has 0 bridgehead atoms. The normalized spacial score (nSPS) is 10.4. The number of halogens is 1. The second kappa shape index (κ2) is 5.67. The van der Waals surface area contributed by atoms with Crippen molar-refractivity contribution in [3.05, 3.63) is 63.3 Å². The number of carbonyl (C=O) groups is 1. The molecular weight excluding hydrogens is 268 g/mol. The highest BCUT2D eigenvalue weighted by atomic mass is 35.5. The molecule has 0 amide bonds. The molecule has 1 aromatic heterocycles. The lowest BCUT2D eigenvalue weighted by molar-refractivity contribution is -0.136. The van der Waals surface area contributed by atoms with Crippen LogP contribution in [-0.2, 0) is 17.8 Å². The van der Waals surface area contributed by atoms with E-state index in [1.54, 1.807) is 24.3 Å². The van der Waals surface area contributed by atoms with Crippen molar-refractivity contribution >= 4 is 17.6 Å². The molecule has 0 aliphatic carbocycles. The molecule has 1 N–H and O–H groups in total. The van der Waals surface area contributed by atoms with Crippen LogP contribution in [0.2, 0.25) is 5.02 Å². The van der Waals surface area contributed by atoms with Crippen molar-refractivity contribution in [3.8, 4) is 0 Å². The van der Waals surface area contributed by atoms with Crippen molar-refractivity contribution in [3.63, 3.8) is 0 Å². The number of aromatic nitrogens is 2. The Balaban J connectivity index is 2.35. The molecule has 2 rings (SSSR count). The summed E-state index contributed by atoms with van der Waals surface area (Å²) in [5, 5.41) is 9.21. The molecule has 98 valence electrons. The van der Waals surface area contributed by atoms with Gasteiger partial charge in [-0.2, -0.15) is 0 Å². The summed E-state index contributed by atoms with van der Waals surface area (Å²) in [6.45, 7) is 0.246. The number of benzene rings is 1. The molecule has 0 aliphatic rings. The molecule has 0 atom stereocenters. The first-order valence-corrected chi connectivity index (χ1v) is 5.94. The van der Waals surface area contributed by atoms with Gasteiger partial charge < -0.3 is 5.11 Å². The number of carboxylic acids is 1. The first kappa shape index (κ1) is 13.3. The first-order chi connectivity index (χ1) is 9.06.